The lowest BCUT2D eigenvalue weighted by atomic mass is 9.62. The zero-order valence-electron chi connectivity index (χ0n) is 39.3. The number of hydrogen-bond acceptors (Lipinski definition) is 1. The van der Waals surface area contributed by atoms with Gasteiger partial charge in [-0.2, -0.15) is 0 Å². The molecule has 0 saturated heterocycles. The second-order valence-electron chi connectivity index (χ2n) is 20.4. The van der Waals surface area contributed by atoms with E-state index in [1.54, 1.807) is 0 Å². The van der Waals surface area contributed by atoms with Crippen molar-refractivity contribution in [3.8, 4) is 39.1 Å². The number of para-hydroxylation sites is 3. The van der Waals surface area contributed by atoms with Crippen LogP contribution in [-0.4, -0.2) is 12.6 Å². The molecular weight excluding hydrogens is 849 g/mol. The SMILES string of the molecule is CC1(C)c2ccccc2-c2ccc(N(c3ccc(-c4ccccc4)cc3)c3ccc(-c4ccc5c(c4)C4(c6ccccc6-n6c7ccccc7c7cccc4c76)c4ccccc4[Si]5(C)C)cc3)cc21. The summed E-state index contributed by atoms with van der Waals surface area (Å²) >= 11 is 0. The summed E-state index contributed by atoms with van der Waals surface area (Å²) < 4.78 is 2.55. The van der Waals surface area contributed by atoms with Gasteiger partial charge < -0.3 is 9.47 Å². The Kier molecular flexibility index (Phi) is 8.44. The van der Waals surface area contributed by atoms with Crippen molar-refractivity contribution in [2.45, 2.75) is 37.8 Å². The number of fused-ring (bicyclic) bond motifs is 14. The highest BCUT2D eigenvalue weighted by Crippen LogP contribution is 2.56. The summed E-state index contributed by atoms with van der Waals surface area (Å²) in [6.07, 6.45) is 0. The Morgan fingerprint density at radius 3 is 1.71 bits per heavy atom. The lowest BCUT2D eigenvalue weighted by Gasteiger charge is -2.49. The van der Waals surface area contributed by atoms with Crippen molar-refractivity contribution in [1.29, 1.82) is 0 Å². The maximum atomic E-state index is 2.57. The predicted molar refractivity (Wildman–Crippen MR) is 293 cm³/mol. The molecule has 0 saturated carbocycles. The lowest BCUT2D eigenvalue weighted by molar-refractivity contribution is 0.660. The van der Waals surface area contributed by atoms with Crippen LogP contribution in [0.5, 0.6) is 0 Å². The van der Waals surface area contributed by atoms with Gasteiger partial charge in [-0.25, -0.2) is 0 Å². The molecule has 10 aromatic carbocycles. The smallest absolute Gasteiger partial charge is 0.113 e. The van der Waals surface area contributed by atoms with Gasteiger partial charge in [0.05, 0.1) is 22.1 Å². The van der Waals surface area contributed by atoms with Crippen molar-refractivity contribution in [2.24, 2.45) is 0 Å². The minimum absolute atomic E-state index is 0.114. The molecule has 1 atom stereocenters. The van der Waals surface area contributed by atoms with Crippen molar-refractivity contribution in [2.75, 3.05) is 4.90 Å². The van der Waals surface area contributed by atoms with Crippen LogP contribution < -0.4 is 15.3 Å². The Balaban J connectivity index is 0.946. The van der Waals surface area contributed by atoms with Crippen LogP contribution in [0.1, 0.15) is 47.2 Å². The van der Waals surface area contributed by atoms with Gasteiger partial charge in [-0.05, 0) is 132 Å². The summed E-state index contributed by atoms with van der Waals surface area (Å²) in [6.45, 7) is 9.84. The normalized spacial score (nSPS) is 16.4. The molecule has 14 rings (SSSR count). The Bertz CT molecular complexity index is 3890. The maximum absolute atomic E-state index is 2.57. The standard InChI is InChI=1S/C66H50N2Si/c1-65(2)54-22-10-8-19-50(54)51-39-38-49(42-58(51)65)67(47-34-29-44(30-35-47)43-17-6-5-7-18-43)48-36-31-45(32-37-48)46-33-40-63-59(41-46)66(56-24-12-15-28-62(56)69(63,3)4)55-23-11-14-27-61(55)68-60-26-13-9-20-52(60)53-21-16-25-57(66)64(53)68/h5-42H,1-4H3. The first-order valence-electron chi connectivity index (χ1n) is 24.4. The highest BCUT2D eigenvalue weighted by molar-refractivity contribution is 7.01. The first-order chi connectivity index (χ1) is 33.7. The van der Waals surface area contributed by atoms with E-state index in [-0.39, 0.29) is 5.41 Å². The van der Waals surface area contributed by atoms with Gasteiger partial charge in [0, 0.05) is 33.2 Å². The van der Waals surface area contributed by atoms with E-state index < -0.39 is 13.5 Å². The molecule has 2 nitrogen and oxygen atoms in total. The molecule has 3 heteroatoms. The third-order valence-electron chi connectivity index (χ3n) is 16.3. The van der Waals surface area contributed by atoms with Crippen molar-refractivity contribution >= 4 is 57.3 Å². The predicted octanol–water partition coefficient (Wildman–Crippen LogP) is 15.7. The van der Waals surface area contributed by atoms with Crippen LogP contribution in [0.4, 0.5) is 17.1 Å². The summed E-state index contributed by atoms with van der Waals surface area (Å²) in [5, 5.41) is 5.62. The van der Waals surface area contributed by atoms with E-state index >= 15 is 0 Å². The van der Waals surface area contributed by atoms with Crippen LogP contribution in [0.15, 0.2) is 231 Å². The zero-order valence-corrected chi connectivity index (χ0v) is 40.3. The van der Waals surface area contributed by atoms with Gasteiger partial charge in [0.1, 0.15) is 8.07 Å². The molecule has 1 unspecified atom stereocenters. The van der Waals surface area contributed by atoms with Crippen LogP contribution in [-0.2, 0) is 10.8 Å². The van der Waals surface area contributed by atoms with Gasteiger partial charge >= 0.3 is 0 Å². The summed E-state index contributed by atoms with van der Waals surface area (Å²) in [5.41, 5.74) is 22.4. The van der Waals surface area contributed by atoms with Crippen LogP contribution in [0.3, 0.4) is 0 Å². The van der Waals surface area contributed by atoms with Crippen molar-refractivity contribution in [1.82, 2.24) is 4.57 Å². The monoisotopic (exact) mass is 898 g/mol. The second kappa shape index (κ2) is 14.5. The quantitative estimate of drug-likeness (QED) is 0.156. The first-order valence-corrected chi connectivity index (χ1v) is 27.4. The number of nitrogens with zero attached hydrogens (tertiary/aromatic N) is 2. The van der Waals surface area contributed by atoms with Gasteiger partial charge in [0.2, 0.25) is 0 Å². The van der Waals surface area contributed by atoms with E-state index in [4.69, 9.17) is 0 Å². The minimum atomic E-state index is -2.17. The molecule has 1 spiro atoms. The van der Waals surface area contributed by atoms with Gasteiger partial charge in [-0.1, -0.05) is 203 Å². The Hall–Kier alpha value is -7.98. The Morgan fingerprint density at radius 2 is 0.928 bits per heavy atom. The Morgan fingerprint density at radius 1 is 0.377 bits per heavy atom. The topological polar surface area (TPSA) is 8.17 Å². The third kappa shape index (κ3) is 5.48. The van der Waals surface area contributed by atoms with E-state index in [1.807, 2.05) is 0 Å². The molecule has 1 aliphatic carbocycles. The number of anilines is 3. The maximum Gasteiger partial charge on any atom is 0.113 e. The van der Waals surface area contributed by atoms with Crippen molar-refractivity contribution < 1.29 is 0 Å². The number of benzene rings is 10. The molecule has 3 aliphatic rings. The number of hydrogen-bond donors (Lipinski definition) is 0. The fourth-order valence-electron chi connectivity index (χ4n) is 13.0. The average molecular weight is 899 g/mol. The van der Waals surface area contributed by atoms with Crippen molar-refractivity contribution in [3.05, 3.63) is 264 Å². The molecule has 11 aromatic rings. The van der Waals surface area contributed by atoms with E-state index in [2.05, 4.69) is 267 Å². The summed E-state index contributed by atoms with van der Waals surface area (Å²) in [4.78, 5) is 2.43. The highest BCUT2D eigenvalue weighted by atomic mass is 28.3. The molecule has 0 amide bonds. The van der Waals surface area contributed by atoms with E-state index in [1.165, 1.54) is 105 Å². The summed E-state index contributed by atoms with van der Waals surface area (Å²) in [6, 6.07) is 87.2. The largest absolute Gasteiger partial charge is 0.310 e. The van der Waals surface area contributed by atoms with Crippen LogP contribution in [0, 0.1) is 0 Å². The molecule has 0 bridgehead atoms. The summed E-state index contributed by atoms with van der Waals surface area (Å²) in [5.74, 6) is 0. The molecular formula is C66H50N2Si. The summed E-state index contributed by atoms with van der Waals surface area (Å²) in [7, 11) is -2.17. The molecule has 3 heterocycles. The van der Waals surface area contributed by atoms with Crippen LogP contribution >= 0.6 is 0 Å². The average Bonchev–Trinajstić information content (AvgIpc) is 3.86. The molecule has 2 aliphatic heterocycles. The van der Waals surface area contributed by atoms with Crippen LogP contribution in [0.25, 0.3) is 60.9 Å². The molecule has 1 aromatic heterocycles. The Labute approximate surface area is 405 Å². The van der Waals surface area contributed by atoms with E-state index in [0.29, 0.717) is 0 Å². The highest BCUT2D eigenvalue weighted by Gasteiger charge is 2.53. The van der Waals surface area contributed by atoms with E-state index in [9.17, 15) is 0 Å². The van der Waals surface area contributed by atoms with Gasteiger partial charge in [-0.3, -0.25) is 0 Å². The molecule has 69 heavy (non-hydrogen) atoms. The number of aromatic nitrogens is 1. The van der Waals surface area contributed by atoms with E-state index in [0.717, 1.165) is 17.1 Å². The molecule has 328 valence electrons. The number of rotatable bonds is 5. The van der Waals surface area contributed by atoms with Gasteiger partial charge in [-0.15, -0.1) is 0 Å². The molecule has 0 fully saturated rings. The van der Waals surface area contributed by atoms with Crippen LogP contribution in [0.2, 0.25) is 13.1 Å². The van der Waals surface area contributed by atoms with Gasteiger partial charge in [0.25, 0.3) is 0 Å². The fourth-order valence-corrected chi connectivity index (χ4v) is 16.2. The zero-order chi connectivity index (χ0) is 46.2. The first kappa shape index (κ1) is 40.1. The molecule has 0 N–H and O–H groups in total. The third-order valence-corrected chi connectivity index (χ3v) is 19.8. The van der Waals surface area contributed by atoms with Gasteiger partial charge in [0.15, 0.2) is 0 Å². The second-order valence-corrected chi connectivity index (χ2v) is 24.8. The van der Waals surface area contributed by atoms with Crippen molar-refractivity contribution in [3.63, 3.8) is 0 Å². The molecule has 0 radical (unpaired) electrons. The minimum Gasteiger partial charge on any atom is -0.310 e. The lowest BCUT2D eigenvalue weighted by Crippen LogP contribution is -2.63. The fraction of sp³-hybridized carbons (Fsp3) is 0.0909.